The molecule has 0 heterocycles. The molecule has 0 spiro atoms. The van der Waals surface area contributed by atoms with Crippen molar-refractivity contribution in [1.82, 2.24) is 10.2 Å². The third kappa shape index (κ3) is 4.01. The second-order valence-corrected chi connectivity index (χ2v) is 6.43. The molecule has 1 N–H and O–H groups in total. The number of nitrogens with one attached hydrogen (secondary N) is 1. The third-order valence-corrected chi connectivity index (χ3v) is 4.20. The lowest BCUT2D eigenvalue weighted by atomic mass is 9.99. The number of likely N-dealkylation sites (N-methyl/N-ethyl adjacent to an activating group) is 1. The van der Waals surface area contributed by atoms with E-state index in [1.807, 2.05) is 49.4 Å². The van der Waals surface area contributed by atoms with E-state index in [-0.39, 0.29) is 17.8 Å². The summed E-state index contributed by atoms with van der Waals surface area (Å²) in [7, 11) is 3.49. The van der Waals surface area contributed by atoms with E-state index < -0.39 is 6.04 Å². The summed E-state index contributed by atoms with van der Waals surface area (Å²) in [4.78, 5) is 14.2. The molecule has 0 aliphatic rings. The Hall–Kier alpha value is -2.20. The molecule has 2 rings (SSSR count). The molecule has 2 aromatic carbocycles. The summed E-state index contributed by atoms with van der Waals surface area (Å²) in [5.74, 6) is -0.182. The van der Waals surface area contributed by atoms with E-state index in [1.54, 1.807) is 32.8 Å². The van der Waals surface area contributed by atoms with Crippen molar-refractivity contribution < 1.29 is 9.18 Å². The third-order valence-electron chi connectivity index (χ3n) is 4.20. The molecule has 0 unspecified atom stereocenters. The predicted molar refractivity (Wildman–Crippen MR) is 95.3 cm³/mol. The van der Waals surface area contributed by atoms with Crippen LogP contribution in [-0.4, -0.2) is 24.9 Å². The van der Waals surface area contributed by atoms with Crippen LogP contribution in [0.2, 0.25) is 0 Å². The molecule has 2 atom stereocenters. The van der Waals surface area contributed by atoms with Crippen LogP contribution in [0.3, 0.4) is 0 Å². The summed E-state index contributed by atoms with van der Waals surface area (Å²) in [6.07, 6.45) is 0. The van der Waals surface area contributed by atoms with Gasteiger partial charge in [-0.25, -0.2) is 4.39 Å². The van der Waals surface area contributed by atoms with Crippen molar-refractivity contribution in [3.05, 3.63) is 70.5 Å². The molecule has 1 amide bonds. The van der Waals surface area contributed by atoms with Crippen molar-refractivity contribution >= 4 is 5.91 Å². The number of nitrogens with zero attached hydrogens (tertiary/aromatic N) is 1. The van der Waals surface area contributed by atoms with Gasteiger partial charge in [-0.05, 0) is 43.0 Å². The van der Waals surface area contributed by atoms with Crippen LogP contribution in [0.1, 0.15) is 41.3 Å². The summed E-state index contributed by atoms with van der Waals surface area (Å²) in [5.41, 5.74) is 3.13. The minimum absolute atomic E-state index is 0.0106. The van der Waals surface area contributed by atoms with Gasteiger partial charge in [0.15, 0.2) is 0 Å². The number of hydrogen-bond donors (Lipinski definition) is 1. The van der Waals surface area contributed by atoms with Gasteiger partial charge in [0.1, 0.15) is 11.9 Å². The zero-order valence-corrected chi connectivity index (χ0v) is 14.9. The second-order valence-electron chi connectivity index (χ2n) is 6.43. The number of benzene rings is 2. The zero-order valence-electron chi connectivity index (χ0n) is 14.9. The van der Waals surface area contributed by atoms with Crippen molar-refractivity contribution in [3.63, 3.8) is 0 Å². The lowest BCUT2D eigenvalue weighted by molar-refractivity contribution is -0.131. The molecule has 0 fully saturated rings. The minimum Gasteiger partial charge on any atom is -0.347 e. The van der Waals surface area contributed by atoms with E-state index in [0.717, 1.165) is 11.1 Å². The van der Waals surface area contributed by atoms with Crippen LogP contribution < -0.4 is 5.32 Å². The monoisotopic (exact) mass is 328 g/mol. The Morgan fingerprint density at radius 1 is 1.04 bits per heavy atom. The molecular weight excluding hydrogens is 303 g/mol. The van der Waals surface area contributed by atoms with Gasteiger partial charge in [0.2, 0.25) is 5.91 Å². The van der Waals surface area contributed by atoms with Crippen LogP contribution in [0, 0.1) is 19.7 Å². The first-order valence-electron chi connectivity index (χ1n) is 8.10. The van der Waals surface area contributed by atoms with Crippen molar-refractivity contribution in [2.45, 2.75) is 32.9 Å². The fourth-order valence-electron chi connectivity index (χ4n) is 2.79. The average molecular weight is 328 g/mol. The Kier molecular flexibility index (Phi) is 5.73. The van der Waals surface area contributed by atoms with Crippen molar-refractivity contribution in [1.29, 1.82) is 0 Å². The predicted octanol–water partition coefficient (Wildman–Crippen LogP) is 3.92. The Morgan fingerprint density at radius 2 is 1.58 bits per heavy atom. The van der Waals surface area contributed by atoms with Gasteiger partial charge in [0.25, 0.3) is 0 Å². The van der Waals surface area contributed by atoms with Crippen LogP contribution in [0.5, 0.6) is 0 Å². The van der Waals surface area contributed by atoms with E-state index in [4.69, 9.17) is 0 Å². The van der Waals surface area contributed by atoms with E-state index >= 15 is 0 Å². The van der Waals surface area contributed by atoms with Crippen LogP contribution >= 0.6 is 0 Å². The number of halogens is 1. The van der Waals surface area contributed by atoms with Crippen molar-refractivity contribution in [3.8, 4) is 0 Å². The molecule has 3 nitrogen and oxygen atoms in total. The number of carbonyl (C=O) groups is 1. The van der Waals surface area contributed by atoms with Gasteiger partial charge in [-0.1, -0.05) is 42.5 Å². The highest BCUT2D eigenvalue weighted by Crippen LogP contribution is 2.24. The Labute approximate surface area is 143 Å². The van der Waals surface area contributed by atoms with E-state index in [1.165, 1.54) is 0 Å². The smallest absolute Gasteiger partial charge is 0.243 e. The first kappa shape index (κ1) is 18.1. The normalized spacial score (nSPS) is 13.4. The maximum Gasteiger partial charge on any atom is 0.243 e. The highest BCUT2D eigenvalue weighted by Gasteiger charge is 2.24. The number of carbonyl (C=O) groups excluding carboxylic acids is 1. The van der Waals surface area contributed by atoms with E-state index in [2.05, 4.69) is 5.32 Å². The number of rotatable bonds is 5. The average Bonchev–Trinajstić information content (AvgIpc) is 2.56. The quantitative estimate of drug-likeness (QED) is 0.902. The van der Waals surface area contributed by atoms with Gasteiger partial charge < -0.3 is 4.90 Å². The first-order chi connectivity index (χ1) is 11.3. The highest BCUT2D eigenvalue weighted by atomic mass is 19.1. The summed E-state index contributed by atoms with van der Waals surface area (Å²) >= 11 is 0. The first-order valence-corrected chi connectivity index (χ1v) is 8.10. The lowest BCUT2D eigenvalue weighted by Gasteiger charge is -2.26. The Bertz CT molecular complexity index is 690. The topological polar surface area (TPSA) is 32.3 Å². The maximum absolute atomic E-state index is 13.9. The number of aryl methyl sites for hydroxylation is 2. The lowest BCUT2D eigenvalue weighted by Crippen LogP contribution is -2.38. The molecule has 24 heavy (non-hydrogen) atoms. The SMILES string of the molecule is Cc1cc([C@H](C)N[C@@H](C(=O)N(C)C)c2ccccc2)cc(C)c1F. The highest BCUT2D eigenvalue weighted by molar-refractivity contribution is 5.82. The molecule has 0 saturated carbocycles. The fraction of sp³-hybridized carbons (Fsp3) is 0.350. The minimum atomic E-state index is -0.443. The van der Waals surface area contributed by atoms with Gasteiger partial charge in [-0.3, -0.25) is 10.1 Å². The van der Waals surface area contributed by atoms with Crippen LogP contribution in [-0.2, 0) is 4.79 Å². The van der Waals surface area contributed by atoms with E-state index in [0.29, 0.717) is 11.1 Å². The molecule has 2 aromatic rings. The number of hydrogen-bond acceptors (Lipinski definition) is 2. The van der Waals surface area contributed by atoms with Crippen molar-refractivity contribution in [2.24, 2.45) is 0 Å². The largest absolute Gasteiger partial charge is 0.347 e. The number of amides is 1. The summed E-state index contributed by atoms with van der Waals surface area (Å²) in [6, 6.07) is 12.8. The summed E-state index contributed by atoms with van der Waals surface area (Å²) in [6.45, 7) is 5.52. The molecule has 0 saturated heterocycles. The molecule has 128 valence electrons. The zero-order chi connectivity index (χ0) is 17.9. The molecule has 4 heteroatoms. The molecule has 0 aliphatic carbocycles. The Morgan fingerprint density at radius 3 is 2.08 bits per heavy atom. The molecule has 0 radical (unpaired) electrons. The van der Waals surface area contributed by atoms with Gasteiger partial charge in [0.05, 0.1) is 0 Å². The summed E-state index contributed by atoms with van der Waals surface area (Å²) < 4.78 is 13.9. The second kappa shape index (κ2) is 7.58. The van der Waals surface area contributed by atoms with Gasteiger partial charge in [-0.15, -0.1) is 0 Å². The molecule has 0 aromatic heterocycles. The maximum atomic E-state index is 13.9. The molecular formula is C20H25FN2O. The van der Waals surface area contributed by atoms with Gasteiger partial charge in [-0.2, -0.15) is 0 Å². The summed E-state index contributed by atoms with van der Waals surface area (Å²) in [5, 5.41) is 3.39. The fourth-order valence-corrected chi connectivity index (χ4v) is 2.79. The van der Waals surface area contributed by atoms with Gasteiger partial charge in [0, 0.05) is 20.1 Å². The molecule has 0 aliphatic heterocycles. The van der Waals surface area contributed by atoms with E-state index in [9.17, 15) is 9.18 Å². The van der Waals surface area contributed by atoms with Crippen LogP contribution in [0.25, 0.3) is 0 Å². The van der Waals surface area contributed by atoms with Crippen LogP contribution in [0.15, 0.2) is 42.5 Å². The Balaban J connectivity index is 2.31. The van der Waals surface area contributed by atoms with Gasteiger partial charge >= 0.3 is 0 Å². The standard InChI is InChI=1S/C20H25FN2O/c1-13-11-17(12-14(2)18(13)21)15(3)22-19(20(24)23(4)5)16-9-7-6-8-10-16/h6-12,15,19,22H,1-5H3/t15-,19+/m0/s1. The van der Waals surface area contributed by atoms with Crippen molar-refractivity contribution in [2.75, 3.05) is 14.1 Å². The molecule has 0 bridgehead atoms. The van der Waals surface area contributed by atoms with Crippen LogP contribution in [0.4, 0.5) is 4.39 Å².